The van der Waals surface area contributed by atoms with Gasteiger partial charge in [0.1, 0.15) is 0 Å². The summed E-state index contributed by atoms with van der Waals surface area (Å²) < 4.78 is 0. The van der Waals surface area contributed by atoms with Gasteiger partial charge in [0.25, 0.3) is 0 Å². The van der Waals surface area contributed by atoms with Crippen LogP contribution in [0.15, 0.2) is 30.3 Å². The van der Waals surface area contributed by atoms with Crippen LogP contribution in [0.5, 0.6) is 0 Å². The molecule has 1 aliphatic heterocycles. The van der Waals surface area contributed by atoms with Crippen LogP contribution in [0.4, 0.5) is 0 Å². The normalized spacial score (nSPS) is 28.1. The van der Waals surface area contributed by atoms with Crippen LogP contribution in [0.3, 0.4) is 0 Å². The zero-order valence-corrected chi connectivity index (χ0v) is 12.5. The first-order chi connectivity index (χ1) is 9.24. The average molecular weight is 295 g/mol. The van der Waals surface area contributed by atoms with Gasteiger partial charge in [-0.3, -0.25) is 4.79 Å². The molecule has 0 radical (unpaired) electrons. The van der Waals surface area contributed by atoms with Crippen molar-refractivity contribution >= 4 is 18.3 Å². The summed E-state index contributed by atoms with van der Waals surface area (Å²) in [6.45, 7) is 1.82. The van der Waals surface area contributed by atoms with Crippen molar-refractivity contribution in [1.29, 1.82) is 0 Å². The number of nitrogens with two attached hydrogens (primary N) is 1. The second kappa shape index (κ2) is 6.59. The largest absolute Gasteiger partial charge is 0.342 e. The predicted molar refractivity (Wildman–Crippen MR) is 82.8 cm³/mol. The van der Waals surface area contributed by atoms with Crippen molar-refractivity contribution < 1.29 is 4.79 Å². The zero-order valence-electron chi connectivity index (χ0n) is 11.7. The lowest BCUT2D eigenvalue weighted by Gasteiger charge is -2.18. The van der Waals surface area contributed by atoms with Crippen LogP contribution < -0.4 is 5.73 Å². The van der Waals surface area contributed by atoms with Gasteiger partial charge in [-0.2, -0.15) is 0 Å². The predicted octanol–water partition coefficient (Wildman–Crippen LogP) is 2.24. The van der Waals surface area contributed by atoms with E-state index in [4.69, 9.17) is 5.73 Å². The summed E-state index contributed by atoms with van der Waals surface area (Å²) in [7, 11) is 0. The molecule has 2 fully saturated rings. The minimum Gasteiger partial charge on any atom is -0.342 e. The lowest BCUT2D eigenvalue weighted by atomic mass is 9.98. The van der Waals surface area contributed by atoms with Gasteiger partial charge in [-0.05, 0) is 36.7 Å². The monoisotopic (exact) mass is 294 g/mol. The number of likely N-dealkylation sites (tertiary alicyclic amines) is 1. The van der Waals surface area contributed by atoms with Crippen LogP contribution in [0.2, 0.25) is 0 Å². The Morgan fingerprint density at radius 2 is 1.95 bits per heavy atom. The molecular formula is C16H23ClN2O. The van der Waals surface area contributed by atoms with E-state index >= 15 is 0 Å². The van der Waals surface area contributed by atoms with E-state index in [1.807, 2.05) is 23.1 Å². The number of rotatable bonds is 3. The first kappa shape index (κ1) is 15.3. The minimum absolute atomic E-state index is 0. The summed E-state index contributed by atoms with van der Waals surface area (Å²) in [5.74, 6) is 1.52. The minimum atomic E-state index is 0. The number of halogens is 1. The Morgan fingerprint density at radius 3 is 2.65 bits per heavy atom. The first-order valence-electron chi connectivity index (χ1n) is 7.31. The summed E-state index contributed by atoms with van der Waals surface area (Å²) in [4.78, 5) is 14.3. The average Bonchev–Trinajstić information content (AvgIpc) is 3.00. The van der Waals surface area contributed by atoms with Crippen molar-refractivity contribution in [2.45, 2.75) is 31.7 Å². The third kappa shape index (κ3) is 3.15. The molecule has 1 aromatic rings. The lowest BCUT2D eigenvalue weighted by Crippen LogP contribution is -2.33. The van der Waals surface area contributed by atoms with E-state index in [1.54, 1.807) is 0 Å². The SMILES string of the molecule is Cl.NC1CCC2CN(C(=O)CCc3ccccc3)CC12. The zero-order chi connectivity index (χ0) is 13.2. The molecule has 3 nitrogen and oxygen atoms in total. The summed E-state index contributed by atoms with van der Waals surface area (Å²) in [6.07, 6.45) is 3.81. The van der Waals surface area contributed by atoms with E-state index in [1.165, 1.54) is 12.0 Å². The van der Waals surface area contributed by atoms with Gasteiger partial charge in [-0.25, -0.2) is 0 Å². The fourth-order valence-electron chi connectivity index (χ4n) is 3.57. The number of hydrogen-bond donors (Lipinski definition) is 1. The molecular weight excluding hydrogens is 272 g/mol. The van der Waals surface area contributed by atoms with Crippen LogP contribution in [-0.2, 0) is 11.2 Å². The maximum Gasteiger partial charge on any atom is 0.222 e. The van der Waals surface area contributed by atoms with E-state index < -0.39 is 0 Å². The molecule has 4 heteroatoms. The van der Waals surface area contributed by atoms with E-state index in [2.05, 4.69) is 12.1 Å². The number of benzene rings is 1. The third-order valence-electron chi connectivity index (χ3n) is 4.74. The van der Waals surface area contributed by atoms with E-state index in [0.29, 0.717) is 30.2 Å². The number of amides is 1. The fraction of sp³-hybridized carbons (Fsp3) is 0.562. The number of aryl methyl sites for hydroxylation is 1. The number of nitrogens with zero attached hydrogens (tertiary/aromatic N) is 1. The Morgan fingerprint density at radius 1 is 1.20 bits per heavy atom. The van der Waals surface area contributed by atoms with Crippen molar-refractivity contribution in [2.75, 3.05) is 13.1 Å². The molecule has 2 N–H and O–H groups in total. The smallest absolute Gasteiger partial charge is 0.222 e. The molecule has 1 heterocycles. The van der Waals surface area contributed by atoms with E-state index in [0.717, 1.165) is 25.9 Å². The highest BCUT2D eigenvalue weighted by molar-refractivity contribution is 5.85. The second-order valence-corrected chi connectivity index (χ2v) is 5.95. The van der Waals surface area contributed by atoms with Crippen LogP contribution in [-0.4, -0.2) is 29.9 Å². The summed E-state index contributed by atoms with van der Waals surface area (Å²) in [5.41, 5.74) is 7.35. The van der Waals surface area contributed by atoms with Gasteiger partial charge in [-0.1, -0.05) is 30.3 Å². The Bertz CT molecular complexity index is 451. The van der Waals surface area contributed by atoms with Crippen LogP contribution >= 0.6 is 12.4 Å². The molecule has 0 spiro atoms. The molecule has 1 aromatic carbocycles. The van der Waals surface area contributed by atoms with E-state index in [-0.39, 0.29) is 12.4 Å². The van der Waals surface area contributed by atoms with Crippen LogP contribution in [0.1, 0.15) is 24.8 Å². The standard InChI is InChI=1S/C16H22N2O.ClH/c17-15-8-7-13-10-18(11-14(13)15)16(19)9-6-12-4-2-1-3-5-12;/h1-5,13-15H,6-11,17H2;1H. The van der Waals surface area contributed by atoms with Crippen molar-refractivity contribution in [3.05, 3.63) is 35.9 Å². The Balaban J connectivity index is 0.00000147. The highest BCUT2D eigenvalue weighted by atomic mass is 35.5. The maximum absolute atomic E-state index is 12.2. The molecule has 3 rings (SSSR count). The van der Waals surface area contributed by atoms with Crippen molar-refractivity contribution in [3.8, 4) is 0 Å². The molecule has 20 heavy (non-hydrogen) atoms. The van der Waals surface area contributed by atoms with Crippen molar-refractivity contribution in [3.63, 3.8) is 0 Å². The van der Waals surface area contributed by atoms with Gasteiger partial charge in [0.05, 0.1) is 0 Å². The van der Waals surface area contributed by atoms with Crippen LogP contribution in [0, 0.1) is 11.8 Å². The van der Waals surface area contributed by atoms with Crippen molar-refractivity contribution in [1.82, 2.24) is 4.90 Å². The molecule has 2 aliphatic rings. The molecule has 1 amide bonds. The number of carbonyl (C=O) groups excluding carboxylic acids is 1. The fourth-order valence-corrected chi connectivity index (χ4v) is 3.57. The van der Waals surface area contributed by atoms with Crippen molar-refractivity contribution in [2.24, 2.45) is 17.6 Å². The molecule has 0 bridgehead atoms. The molecule has 1 saturated heterocycles. The molecule has 3 unspecified atom stereocenters. The molecule has 1 aliphatic carbocycles. The molecule has 1 saturated carbocycles. The number of hydrogen-bond acceptors (Lipinski definition) is 2. The Labute approximate surface area is 126 Å². The maximum atomic E-state index is 12.2. The van der Waals surface area contributed by atoms with Gasteiger partial charge in [-0.15, -0.1) is 12.4 Å². The van der Waals surface area contributed by atoms with Gasteiger partial charge >= 0.3 is 0 Å². The quantitative estimate of drug-likeness (QED) is 0.929. The van der Waals surface area contributed by atoms with Gasteiger partial charge in [0, 0.05) is 25.6 Å². The second-order valence-electron chi connectivity index (χ2n) is 5.95. The third-order valence-corrected chi connectivity index (χ3v) is 4.74. The van der Waals surface area contributed by atoms with E-state index in [9.17, 15) is 4.79 Å². The molecule has 3 atom stereocenters. The summed E-state index contributed by atoms with van der Waals surface area (Å²) in [6, 6.07) is 10.5. The lowest BCUT2D eigenvalue weighted by molar-refractivity contribution is -0.130. The topological polar surface area (TPSA) is 46.3 Å². The molecule has 0 aromatic heterocycles. The summed E-state index contributed by atoms with van der Waals surface area (Å²) in [5, 5.41) is 0. The van der Waals surface area contributed by atoms with Gasteiger partial charge in [0.15, 0.2) is 0 Å². The Hall–Kier alpha value is -1.06. The summed E-state index contributed by atoms with van der Waals surface area (Å²) >= 11 is 0. The molecule has 110 valence electrons. The Kier molecular flexibility index (Phi) is 5.06. The first-order valence-corrected chi connectivity index (χ1v) is 7.31. The van der Waals surface area contributed by atoms with Gasteiger partial charge in [0.2, 0.25) is 5.91 Å². The van der Waals surface area contributed by atoms with Crippen LogP contribution in [0.25, 0.3) is 0 Å². The number of carbonyl (C=O) groups is 1. The van der Waals surface area contributed by atoms with Gasteiger partial charge < -0.3 is 10.6 Å². The highest BCUT2D eigenvalue weighted by Crippen LogP contribution is 2.37. The highest BCUT2D eigenvalue weighted by Gasteiger charge is 2.42. The number of fused-ring (bicyclic) bond motifs is 1.